The SMILES string of the molecule is C1=C(Nc2ccnc(N3Cc4cnsc4C3)n2)CCc2[nH]ncc21. The molecule has 120 valence electrons. The minimum Gasteiger partial charge on any atom is -0.344 e. The second kappa shape index (κ2) is 5.41. The van der Waals surface area contributed by atoms with Crippen LogP contribution in [-0.4, -0.2) is 24.5 Å². The van der Waals surface area contributed by atoms with Gasteiger partial charge in [-0.1, -0.05) is 0 Å². The van der Waals surface area contributed by atoms with E-state index in [1.807, 2.05) is 24.7 Å². The lowest BCUT2D eigenvalue weighted by molar-refractivity contribution is 0.827. The Bertz CT molecular complexity index is 905. The fraction of sp³-hybridized carbons (Fsp3) is 0.250. The van der Waals surface area contributed by atoms with Gasteiger partial charge in [-0.3, -0.25) is 5.10 Å². The van der Waals surface area contributed by atoms with Gasteiger partial charge in [-0.05, 0) is 36.5 Å². The van der Waals surface area contributed by atoms with Gasteiger partial charge in [0.05, 0.1) is 12.7 Å². The van der Waals surface area contributed by atoms with Gasteiger partial charge in [0.15, 0.2) is 0 Å². The average molecular weight is 337 g/mol. The topological polar surface area (TPSA) is 82.6 Å². The van der Waals surface area contributed by atoms with Gasteiger partial charge in [-0.25, -0.2) is 9.36 Å². The maximum Gasteiger partial charge on any atom is 0.227 e. The summed E-state index contributed by atoms with van der Waals surface area (Å²) in [5.41, 5.74) is 4.78. The predicted octanol–water partition coefficient (Wildman–Crippen LogP) is 2.58. The van der Waals surface area contributed by atoms with E-state index in [1.165, 1.54) is 16.1 Å². The molecule has 24 heavy (non-hydrogen) atoms. The lowest BCUT2D eigenvalue weighted by Gasteiger charge is -2.18. The highest BCUT2D eigenvalue weighted by atomic mass is 32.1. The fourth-order valence-corrected chi connectivity index (χ4v) is 3.88. The molecule has 3 aromatic heterocycles. The van der Waals surface area contributed by atoms with Crippen LogP contribution in [0.25, 0.3) is 6.08 Å². The Balaban J connectivity index is 1.36. The molecule has 1 aliphatic carbocycles. The highest BCUT2D eigenvalue weighted by Gasteiger charge is 2.23. The average Bonchev–Trinajstić information content (AvgIpc) is 3.30. The minimum atomic E-state index is 0.754. The second-order valence-corrected chi connectivity index (χ2v) is 6.86. The molecule has 0 amide bonds. The van der Waals surface area contributed by atoms with Gasteiger partial charge in [-0.15, -0.1) is 0 Å². The highest BCUT2D eigenvalue weighted by Crippen LogP contribution is 2.29. The summed E-state index contributed by atoms with van der Waals surface area (Å²) in [4.78, 5) is 12.6. The molecule has 8 heteroatoms. The number of aryl methyl sites for hydroxylation is 1. The molecule has 0 unspecified atom stereocenters. The summed E-state index contributed by atoms with van der Waals surface area (Å²) in [5.74, 6) is 1.58. The van der Waals surface area contributed by atoms with Gasteiger partial charge in [0.2, 0.25) is 5.95 Å². The summed E-state index contributed by atoms with van der Waals surface area (Å²) >= 11 is 1.56. The molecule has 0 radical (unpaired) electrons. The normalized spacial score (nSPS) is 15.8. The van der Waals surface area contributed by atoms with Crippen molar-refractivity contribution in [1.82, 2.24) is 24.5 Å². The van der Waals surface area contributed by atoms with E-state index in [1.54, 1.807) is 11.5 Å². The summed E-state index contributed by atoms with van der Waals surface area (Å²) in [6.45, 7) is 1.67. The van der Waals surface area contributed by atoms with Crippen molar-refractivity contribution < 1.29 is 0 Å². The molecule has 0 saturated heterocycles. The van der Waals surface area contributed by atoms with E-state index >= 15 is 0 Å². The van der Waals surface area contributed by atoms with E-state index < -0.39 is 0 Å². The van der Waals surface area contributed by atoms with E-state index in [9.17, 15) is 0 Å². The van der Waals surface area contributed by atoms with Crippen molar-refractivity contribution in [3.8, 4) is 0 Å². The summed E-state index contributed by atoms with van der Waals surface area (Å²) < 4.78 is 4.23. The molecule has 0 spiro atoms. The monoisotopic (exact) mass is 337 g/mol. The zero-order chi connectivity index (χ0) is 15.9. The van der Waals surface area contributed by atoms with Crippen molar-refractivity contribution in [2.45, 2.75) is 25.9 Å². The molecule has 7 nitrogen and oxygen atoms in total. The van der Waals surface area contributed by atoms with Crippen LogP contribution in [0, 0.1) is 0 Å². The number of nitrogens with zero attached hydrogens (tertiary/aromatic N) is 5. The van der Waals surface area contributed by atoms with Crippen LogP contribution in [0.1, 0.15) is 28.1 Å². The van der Waals surface area contributed by atoms with E-state index in [2.05, 4.69) is 40.8 Å². The van der Waals surface area contributed by atoms with Gasteiger partial charge in [0.1, 0.15) is 5.82 Å². The molecule has 0 bridgehead atoms. The van der Waals surface area contributed by atoms with Crippen LogP contribution in [-0.2, 0) is 19.5 Å². The number of H-pyrrole nitrogens is 1. The third kappa shape index (κ3) is 2.35. The molecule has 0 saturated carbocycles. The maximum atomic E-state index is 4.68. The first-order valence-corrected chi connectivity index (χ1v) is 8.63. The number of aromatic nitrogens is 5. The molecule has 4 heterocycles. The Hall–Kier alpha value is -2.74. The Labute approximate surface area is 142 Å². The third-order valence-corrected chi connectivity index (χ3v) is 5.19. The third-order valence-electron chi connectivity index (χ3n) is 4.37. The molecule has 2 aliphatic rings. The molecule has 0 atom stereocenters. The van der Waals surface area contributed by atoms with Crippen LogP contribution in [0.2, 0.25) is 0 Å². The van der Waals surface area contributed by atoms with Crippen LogP contribution < -0.4 is 10.2 Å². The molecule has 3 aromatic rings. The molecule has 0 fully saturated rings. The number of nitrogens with one attached hydrogen (secondary N) is 2. The largest absolute Gasteiger partial charge is 0.344 e. The lowest BCUT2D eigenvalue weighted by Crippen LogP contribution is -2.18. The van der Waals surface area contributed by atoms with Gasteiger partial charge < -0.3 is 10.2 Å². The van der Waals surface area contributed by atoms with Crippen molar-refractivity contribution in [3.63, 3.8) is 0 Å². The Morgan fingerprint density at radius 2 is 2.21 bits per heavy atom. The van der Waals surface area contributed by atoms with Crippen molar-refractivity contribution in [2.24, 2.45) is 0 Å². The fourth-order valence-electron chi connectivity index (χ4n) is 3.12. The van der Waals surface area contributed by atoms with E-state index in [4.69, 9.17) is 0 Å². The van der Waals surface area contributed by atoms with Crippen LogP contribution in [0.15, 0.2) is 30.4 Å². The predicted molar refractivity (Wildman–Crippen MR) is 92.5 cm³/mol. The van der Waals surface area contributed by atoms with E-state index in [0.29, 0.717) is 0 Å². The van der Waals surface area contributed by atoms with Gasteiger partial charge in [-0.2, -0.15) is 10.1 Å². The lowest BCUT2D eigenvalue weighted by atomic mass is 10.0. The van der Waals surface area contributed by atoms with Crippen LogP contribution in [0.3, 0.4) is 0 Å². The zero-order valence-corrected chi connectivity index (χ0v) is 13.7. The number of hydrogen-bond donors (Lipinski definition) is 2. The first-order valence-electron chi connectivity index (χ1n) is 7.85. The zero-order valence-electron chi connectivity index (χ0n) is 12.9. The Morgan fingerprint density at radius 1 is 1.21 bits per heavy atom. The smallest absolute Gasteiger partial charge is 0.227 e. The molecule has 1 aliphatic heterocycles. The van der Waals surface area contributed by atoms with E-state index in [0.717, 1.165) is 49.0 Å². The first-order chi connectivity index (χ1) is 11.8. The maximum absolute atomic E-state index is 4.68. The molecule has 2 N–H and O–H groups in total. The van der Waals surface area contributed by atoms with Crippen molar-refractivity contribution in [2.75, 3.05) is 10.2 Å². The summed E-state index contributed by atoms with van der Waals surface area (Å²) in [5, 5.41) is 10.6. The summed E-state index contributed by atoms with van der Waals surface area (Å²) in [7, 11) is 0. The number of hydrogen-bond acceptors (Lipinski definition) is 7. The van der Waals surface area contributed by atoms with Gasteiger partial charge in [0, 0.05) is 46.3 Å². The quantitative estimate of drug-likeness (QED) is 0.764. The number of anilines is 2. The number of allylic oxidation sites excluding steroid dienone is 1. The van der Waals surface area contributed by atoms with Crippen molar-refractivity contribution in [3.05, 3.63) is 52.1 Å². The second-order valence-electron chi connectivity index (χ2n) is 5.97. The minimum absolute atomic E-state index is 0.754. The molecule has 5 rings (SSSR count). The molecule has 0 aromatic carbocycles. The number of aromatic amines is 1. The molecular formula is C16H15N7S. The van der Waals surface area contributed by atoms with E-state index in [-0.39, 0.29) is 0 Å². The molecular weight excluding hydrogens is 322 g/mol. The van der Waals surface area contributed by atoms with Crippen molar-refractivity contribution >= 4 is 29.4 Å². The first kappa shape index (κ1) is 13.7. The highest BCUT2D eigenvalue weighted by molar-refractivity contribution is 7.05. The number of rotatable bonds is 3. The summed E-state index contributed by atoms with van der Waals surface area (Å²) in [6, 6.07) is 1.91. The Morgan fingerprint density at radius 3 is 3.17 bits per heavy atom. The van der Waals surface area contributed by atoms with Crippen LogP contribution >= 0.6 is 11.5 Å². The van der Waals surface area contributed by atoms with Gasteiger partial charge in [0.25, 0.3) is 0 Å². The van der Waals surface area contributed by atoms with Crippen LogP contribution in [0.5, 0.6) is 0 Å². The number of fused-ring (bicyclic) bond motifs is 2. The standard InChI is InChI=1S/C16H15N7S/c1-2-13-10(6-18-22-13)5-12(1)20-15-3-4-17-16(21-15)23-8-11-7-19-24-14(11)9-23/h3-7H,1-2,8-9H2,(H,18,22)(H,17,20,21). The Kier molecular flexibility index (Phi) is 3.08. The van der Waals surface area contributed by atoms with Crippen LogP contribution in [0.4, 0.5) is 11.8 Å². The van der Waals surface area contributed by atoms with Crippen molar-refractivity contribution in [1.29, 1.82) is 0 Å². The summed E-state index contributed by atoms with van der Waals surface area (Å²) in [6.07, 6.45) is 9.65. The van der Waals surface area contributed by atoms with Gasteiger partial charge >= 0.3 is 0 Å².